The minimum atomic E-state index is -2.18. The van der Waals surface area contributed by atoms with Crippen LogP contribution in [0.2, 0.25) is 10.0 Å². The maximum absolute atomic E-state index is 15.7. The van der Waals surface area contributed by atoms with Crippen LogP contribution in [0.3, 0.4) is 0 Å². The molecular formula is C68H83Cl2N9O21. The van der Waals surface area contributed by atoms with E-state index in [1.807, 2.05) is 13.8 Å². The first-order valence-electron chi connectivity index (χ1n) is 32.2. The Balaban J connectivity index is 1.31. The Morgan fingerprint density at radius 2 is 1.36 bits per heavy atom. The predicted octanol–water partition coefficient (Wildman–Crippen LogP) is 2.28. The van der Waals surface area contributed by atoms with Gasteiger partial charge in [-0.05, 0) is 135 Å². The molecule has 18 atom stereocenters. The quantitative estimate of drug-likeness (QED) is 0.0804. The molecule has 0 unspecified atom stereocenters. The summed E-state index contributed by atoms with van der Waals surface area (Å²) in [6.07, 6.45) is -12.9. The van der Waals surface area contributed by atoms with Gasteiger partial charge in [0.2, 0.25) is 41.2 Å². The van der Waals surface area contributed by atoms with Crippen molar-refractivity contribution >= 4 is 64.6 Å². The largest absolute Gasteiger partial charge is 0.508 e. The maximum Gasteiger partial charge on any atom is 0.330 e. The summed E-state index contributed by atoms with van der Waals surface area (Å²) in [5, 5.41) is 129. The van der Waals surface area contributed by atoms with Gasteiger partial charge in [-0.1, -0.05) is 62.2 Å². The average Bonchev–Trinajstić information content (AvgIpc) is 0.783. The summed E-state index contributed by atoms with van der Waals surface area (Å²) in [6.45, 7) is 7.80. The third-order valence-electron chi connectivity index (χ3n) is 18.5. The van der Waals surface area contributed by atoms with E-state index in [4.69, 9.17) is 59.4 Å². The summed E-state index contributed by atoms with van der Waals surface area (Å²) < 4.78 is 27.0. The van der Waals surface area contributed by atoms with Gasteiger partial charge in [-0.3, -0.25) is 28.8 Å². The third kappa shape index (κ3) is 16.5. The number of aliphatic hydroxyl groups is 6. The number of carbonyl (C=O) groups excluding carboxylic acids is 6. The normalized spacial score (nSPS) is 29.2. The van der Waals surface area contributed by atoms with E-state index in [0.717, 1.165) is 24.3 Å². The number of phenolic OH excluding ortho intramolecular Hbond substituents is 3. The van der Waals surface area contributed by atoms with Crippen molar-refractivity contribution in [2.45, 2.75) is 163 Å². The van der Waals surface area contributed by atoms with Gasteiger partial charge >= 0.3 is 5.97 Å². The van der Waals surface area contributed by atoms with Crippen molar-refractivity contribution in [2.24, 2.45) is 35.0 Å². The van der Waals surface area contributed by atoms with Crippen LogP contribution in [0, 0.1) is 17.8 Å². The molecule has 11 rings (SSSR count). The number of carboxylic acids is 1. The number of carbonyl (C=O) groups is 7. The van der Waals surface area contributed by atoms with E-state index in [-0.39, 0.29) is 81.0 Å². The average molecular weight is 1430 g/mol. The molecule has 5 aromatic rings. The number of phenols is 3. The van der Waals surface area contributed by atoms with Crippen LogP contribution in [0.15, 0.2) is 78.9 Å². The van der Waals surface area contributed by atoms with Crippen LogP contribution in [0.5, 0.6) is 46.0 Å². The lowest BCUT2D eigenvalue weighted by Crippen LogP contribution is -2.61. The van der Waals surface area contributed by atoms with Gasteiger partial charge < -0.3 is 119 Å². The third-order valence-corrected chi connectivity index (χ3v) is 19.1. The highest BCUT2D eigenvalue weighted by molar-refractivity contribution is 6.32. The summed E-state index contributed by atoms with van der Waals surface area (Å²) >= 11 is 14.1. The number of likely N-dealkylation sites (N-methyl/N-ethyl adjacent to an activating group) is 1. The van der Waals surface area contributed by atoms with Crippen molar-refractivity contribution < 1.29 is 104 Å². The van der Waals surface area contributed by atoms with Gasteiger partial charge in [0.25, 0.3) is 0 Å². The number of nitrogens with one attached hydrogen (secondary N) is 6. The van der Waals surface area contributed by atoms with E-state index in [1.165, 1.54) is 68.6 Å². The van der Waals surface area contributed by atoms with E-state index >= 15 is 9.59 Å². The minimum Gasteiger partial charge on any atom is -0.508 e. The number of primary amides is 1. The zero-order valence-corrected chi connectivity index (χ0v) is 56.6. The number of amides is 6. The Morgan fingerprint density at radius 1 is 0.740 bits per heavy atom. The highest BCUT2D eigenvalue weighted by Crippen LogP contribution is 2.50. The molecule has 0 saturated heterocycles. The first-order valence-corrected chi connectivity index (χ1v) is 32.9. The highest BCUT2D eigenvalue weighted by atomic mass is 35.5. The highest BCUT2D eigenvalue weighted by Gasteiger charge is 2.50. The van der Waals surface area contributed by atoms with Gasteiger partial charge in [-0.15, -0.1) is 0 Å². The summed E-state index contributed by atoms with van der Waals surface area (Å²) in [5.74, 6) is -14.3. The Morgan fingerprint density at radius 3 is 1.93 bits per heavy atom. The van der Waals surface area contributed by atoms with Gasteiger partial charge in [0.05, 0.1) is 46.9 Å². The molecule has 2 saturated carbocycles. The van der Waals surface area contributed by atoms with Crippen LogP contribution in [0.4, 0.5) is 0 Å². The van der Waals surface area contributed by atoms with Gasteiger partial charge in [-0.25, -0.2) is 4.79 Å². The zero-order chi connectivity index (χ0) is 73.3. The summed E-state index contributed by atoms with van der Waals surface area (Å²) in [7, 11) is 1.50. The first kappa shape index (κ1) is 75.6. The van der Waals surface area contributed by atoms with Gasteiger partial charge in [0.15, 0.2) is 17.5 Å². The number of aromatic hydroxyl groups is 3. The summed E-state index contributed by atoms with van der Waals surface area (Å²) in [6, 6.07) is 2.51. The van der Waals surface area contributed by atoms with Gasteiger partial charge in [-0.2, -0.15) is 0 Å². The predicted molar refractivity (Wildman–Crippen MR) is 357 cm³/mol. The molecule has 2 aliphatic carbocycles. The van der Waals surface area contributed by atoms with Crippen molar-refractivity contribution in [1.29, 1.82) is 0 Å². The molecule has 4 aliphatic heterocycles. The Hall–Kier alpha value is -8.63. The van der Waals surface area contributed by atoms with Gasteiger partial charge in [0.1, 0.15) is 83.4 Å². The number of fused-ring (bicyclic) bond motifs is 16. The molecule has 4 heterocycles. The lowest BCUT2D eigenvalue weighted by atomic mass is 9.74. The number of ether oxygens (including phenoxy) is 4. The monoisotopic (exact) mass is 1430 g/mol. The summed E-state index contributed by atoms with van der Waals surface area (Å²) in [4.78, 5) is 100. The molecule has 6 aliphatic rings. The van der Waals surface area contributed by atoms with Crippen molar-refractivity contribution in [2.75, 3.05) is 13.7 Å². The van der Waals surface area contributed by atoms with Crippen molar-refractivity contribution in [3.05, 3.63) is 117 Å². The number of nitrogens with two attached hydrogens (primary N) is 3. The fraction of sp³-hybridized carbons (Fsp3) is 0.456. The second-order valence-corrected chi connectivity index (χ2v) is 27.4. The van der Waals surface area contributed by atoms with E-state index in [0.29, 0.717) is 0 Å². The number of halogens is 2. The zero-order valence-electron chi connectivity index (χ0n) is 55.1. The van der Waals surface area contributed by atoms with Crippen molar-refractivity contribution in [3.8, 4) is 57.1 Å². The number of carboxylic acid groups (broad SMARTS) is 1. The smallest absolute Gasteiger partial charge is 0.330 e. The minimum absolute atomic E-state index is 0.0481. The van der Waals surface area contributed by atoms with Crippen LogP contribution in [0.25, 0.3) is 11.1 Å². The fourth-order valence-corrected chi connectivity index (χ4v) is 13.6. The molecule has 0 spiro atoms. The molecule has 30 nitrogen and oxygen atoms in total. The number of rotatable bonds is 13. The molecule has 0 radical (unpaired) electrons. The molecule has 32 heteroatoms. The number of hydrogen-bond donors (Lipinski definition) is 19. The molecule has 2 fully saturated rings. The SMILES string of the molecule is CN[C@H](CC(C)C)C(=O)N[C@H]1C(=O)N[C@@H](CC(N)=O)C(=O)N[C@H]2C(=O)N[C@@H](C)c3ccc(O)c(c3)-c3c(O)cc(O)cc3[C@@H](C(=O)O)NC(=O)[C@@H](N)[C@H](O)c3ccc(c(Cl)c3)Oc3cc2cc(c3O[C@@H]2C[C@H](CO)[C@@H](O)[C@H](O)[C@H]2O[C@@H]2C[C@@H](C)[C@@H](O)[C@@](C)(N)C2)Oc2ccc(cc2Cl)[C@H]1O. The Kier molecular flexibility index (Phi) is 23.5. The lowest BCUT2D eigenvalue weighted by molar-refractivity contribution is -0.204. The maximum atomic E-state index is 15.7. The van der Waals surface area contributed by atoms with Crippen LogP contribution >= 0.6 is 23.2 Å². The lowest BCUT2D eigenvalue weighted by Gasteiger charge is -2.47. The van der Waals surface area contributed by atoms with Crippen LogP contribution in [-0.4, -0.2) is 172 Å². The van der Waals surface area contributed by atoms with Crippen LogP contribution in [-0.2, 0) is 38.3 Å². The molecule has 6 amide bonds. The first-order chi connectivity index (χ1) is 47.1. The van der Waals surface area contributed by atoms with E-state index in [9.17, 15) is 75.0 Å². The van der Waals surface area contributed by atoms with Gasteiger partial charge in [0, 0.05) is 40.8 Å². The molecule has 100 heavy (non-hydrogen) atoms. The Bertz CT molecular complexity index is 3940. The molecule has 22 N–H and O–H groups in total. The van der Waals surface area contributed by atoms with E-state index < -0.39 is 209 Å². The number of aliphatic hydroxyl groups excluding tert-OH is 6. The van der Waals surface area contributed by atoms with Crippen LogP contribution in [0.1, 0.15) is 125 Å². The number of hydrogen-bond acceptors (Lipinski definition) is 23. The van der Waals surface area contributed by atoms with Crippen molar-refractivity contribution in [3.63, 3.8) is 0 Å². The molecular weight excluding hydrogens is 1350 g/mol. The van der Waals surface area contributed by atoms with Crippen LogP contribution < -0.4 is 63.3 Å². The number of aliphatic carboxylic acids is 1. The molecule has 540 valence electrons. The number of benzene rings is 5. The Labute approximate surface area is 583 Å². The van der Waals surface area contributed by atoms with E-state index in [1.54, 1.807) is 13.8 Å². The summed E-state index contributed by atoms with van der Waals surface area (Å²) in [5.41, 5.74) is 15.7. The topological polar surface area (TPSA) is 509 Å². The molecule has 0 aromatic heterocycles. The molecule has 5 aromatic carbocycles. The fourth-order valence-electron chi connectivity index (χ4n) is 13.1. The second-order valence-electron chi connectivity index (χ2n) is 26.6. The van der Waals surface area contributed by atoms with E-state index in [2.05, 4.69) is 31.9 Å². The van der Waals surface area contributed by atoms with Crippen molar-refractivity contribution in [1.82, 2.24) is 31.9 Å². The standard InChI is InChI=1S/C68H83Cl2N9O21/c1-26(2)13-40(74-6)62(90)79-54-56(86)31-9-12-45(39(70)17-31)99-47-19-32-18-46(59(47)100-48-20-33(25-80)57(87)58(88)60(48)97-35-14-27(3)61(89)68(5,73)24-35)98-44-11-8-30(16-38(44)69)55(85)51(72)64(92)78-53(67(95)96)37-21-34(81)22-43(83)50(37)36-15-29(7-10-42(36)82)28(4)75-65(93)52(32)77-63(91)41(23-49(71)84)76-66(54)94/h7-12,15-19,21-22,26-28,33,35,40-41,48,51-58,60-61,74,80-83,85-89H,13-14,20,23-25,72-73H2,1-6H3,(H2,71,84)(H,75,93)(H,76,94)(H,77,91)(H,78,92)(H,79,90)(H,95,96)/t27-,28+,33-,35-,40-,41+,48-,51+,52-,53+,54-,55-,56-,57-,58+,60+,61-,68+/m1/s1. The molecule has 9 bridgehead atoms. The second kappa shape index (κ2) is 31.1.